The fourth-order valence-corrected chi connectivity index (χ4v) is 2.85. The summed E-state index contributed by atoms with van der Waals surface area (Å²) in [6, 6.07) is 8.12. The van der Waals surface area contributed by atoms with E-state index in [0.717, 1.165) is 37.1 Å². The molecule has 0 radical (unpaired) electrons. The number of carbonyl (C=O) groups excluding carboxylic acids is 1. The zero-order chi connectivity index (χ0) is 19.2. The van der Waals surface area contributed by atoms with Gasteiger partial charge in [0.05, 0.1) is 18.8 Å². The second kappa shape index (κ2) is 8.81. The van der Waals surface area contributed by atoms with E-state index in [-0.39, 0.29) is 18.2 Å². The van der Waals surface area contributed by atoms with Gasteiger partial charge in [-0.15, -0.1) is 0 Å². The Hall–Kier alpha value is -2.67. The molecule has 1 aliphatic rings. The van der Waals surface area contributed by atoms with Gasteiger partial charge in [-0.2, -0.15) is 0 Å². The lowest BCUT2D eigenvalue weighted by Gasteiger charge is -2.15. The molecule has 0 spiro atoms. The topological polar surface area (TPSA) is 56.8 Å². The van der Waals surface area contributed by atoms with E-state index in [2.05, 4.69) is 5.32 Å². The SMILES string of the molecule is COc1cc(CNC(=O)c2ccc(F)cc2F)ccc1OCC1CCCO1. The van der Waals surface area contributed by atoms with Crippen molar-refractivity contribution in [1.82, 2.24) is 5.32 Å². The van der Waals surface area contributed by atoms with E-state index in [0.29, 0.717) is 24.2 Å². The second-order valence-electron chi connectivity index (χ2n) is 6.24. The van der Waals surface area contributed by atoms with Crippen LogP contribution in [-0.4, -0.2) is 32.3 Å². The van der Waals surface area contributed by atoms with E-state index >= 15 is 0 Å². The minimum Gasteiger partial charge on any atom is -0.493 e. The lowest BCUT2D eigenvalue weighted by molar-refractivity contribution is 0.0669. The third-order valence-corrected chi connectivity index (χ3v) is 4.31. The van der Waals surface area contributed by atoms with Crippen molar-refractivity contribution in [2.45, 2.75) is 25.5 Å². The molecule has 5 nitrogen and oxygen atoms in total. The van der Waals surface area contributed by atoms with Crippen LogP contribution in [-0.2, 0) is 11.3 Å². The number of nitrogens with one attached hydrogen (secondary N) is 1. The molecular formula is C20H21F2NO4. The minimum atomic E-state index is -0.900. The maximum Gasteiger partial charge on any atom is 0.254 e. The molecule has 7 heteroatoms. The first-order chi connectivity index (χ1) is 13.1. The Labute approximate surface area is 156 Å². The largest absolute Gasteiger partial charge is 0.493 e. The number of halogens is 2. The maximum atomic E-state index is 13.7. The first kappa shape index (κ1) is 19.1. The van der Waals surface area contributed by atoms with Crippen LogP contribution < -0.4 is 14.8 Å². The van der Waals surface area contributed by atoms with E-state index in [1.807, 2.05) is 0 Å². The molecule has 0 bridgehead atoms. The summed E-state index contributed by atoms with van der Waals surface area (Å²) in [5.74, 6) is -1.12. The van der Waals surface area contributed by atoms with Gasteiger partial charge >= 0.3 is 0 Å². The number of hydrogen-bond donors (Lipinski definition) is 1. The Morgan fingerprint density at radius 2 is 2.07 bits per heavy atom. The van der Waals surface area contributed by atoms with Crippen LogP contribution in [0.4, 0.5) is 8.78 Å². The second-order valence-corrected chi connectivity index (χ2v) is 6.24. The summed E-state index contributed by atoms with van der Waals surface area (Å²) in [5.41, 5.74) is 0.548. The highest BCUT2D eigenvalue weighted by atomic mass is 19.1. The molecule has 144 valence electrons. The summed E-state index contributed by atoms with van der Waals surface area (Å²) in [6.45, 7) is 1.38. The van der Waals surface area contributed by atoms with E-state index in [1.165, 1.54) is 7.11 Å². The first-order valence-corrected chi connectivity index (χ1v) is 8.71. The van der Waals surface area contributed by atoms with Gasteiger partial charge < -0.3 is 19.5 Å². The normalized spacial score (nSPS) is 16.2. The summed E-state index contributed by atoms with van der Waals surface area (Å²) < 4.78 is 43.2. The van der Waals surface area contributed by atoms with Crippen molar-refractivity contribution in [2.75, 3.05) is 20.3 Å². The smallest absolute Gasteiger partial charge is 0.254 e. The Morgan fingerprint density at radius 1 is 1.22 bits per heavy atom. The molecule has 1 heterocycles. The quantitative estimate of drug-likeness (QED) is 0.803. The van der Waals surface area contributed by atoms with Gasteiger partial charge in [-0.1, -0.05) is 6.07 Å². The summed E-state index contributed by atoms with van der Waals surface area (Å²) in [5, 5.41) is 2.61. The predicted octanol–water partition coefficient (Wildman–Crippen LogP) is 3.46. The van der Waals surface area contributed by atoms with Crippen molar-refractivity contribution in [3.8, 4) is 11.5 Å². The molecule has 1 N–H and O–H groups in total. The third kappa shape index (κ3) is 4.95. The Bertz CT molecular complexity index is 807. The maximum absolute atomic E-state index is 13.7. The zero-order valence-electron chi connectivity index (χ0n) is 15.0. The van der Waals surface area contributed by atoms with Crippen molar-refractivity contribution in [3.63, 3.8) is 0 Å². The average molecular weight is 377 g/mol. The highest BCUT2D eigenvalue weighted by Gasteiger charge is 2.17. The van der Waals surface area contributed by atoms with Gasteiger partial charge in [-0.3, -0.25) is 4.79 Å². The first-order valence-electron chi connectivity index (χ1n) is 8.71. The van der Waals surface area contributed by atoms with E-state index in [1.54, 1.807) is 18.2 Å². The number of rotatable bonds is 7. The third-order valence-electron chi connectivity index (χ3n) is 4.31. The molecule has 1 saturated heterocycles. The monoisotopic (exact) mass is 377 g/mol. The van der Waals surface area contributed by atoms with Gasteiger partial charge in [-0.25, -0.2) is 8.78 Å². The van der Waals surface area contributed by atoms with Crippen molar-refractivity contribution < 1.29 is 27.8 Å². The molecule has 0 aliphatic carbocycles. The van der Waals surface area contributed by atoms with Crippen LogP contribution in [0.3, 0.4) is 0 Å². The molecule has 1 aliphatic heterocycles. The summed E-state index contributed by atoms with van der Waals surface area (Å²) in [6.07, 6.45) is 2.12. The van der Waals surface area contributed by atoms with Crippen LogP contribution in [0.15, 0.2) is 36.4 Å². The van der Waals surface area contributed by atoms with Gasteiger partial charge in [0, 0.05) is 19.2 Å². The molecule has 0 saturated carbocycles. The highest BCUT2D eigenvalue weighted by Crippen LogP contribution is 2.29. The van der Waals surface area contributed by atoms with Crippen LogP contribution in [0, 0.1) is 11.6 Å². The summed E-state index contributed by atoms with van der Waals surface area (Å²) in [7, 11) is 1.53. The Kier molecular flexibility index (Phi) is 6.24. The van der Waals surface area contributed by atoms with Gasteiger partial charge in [0.15, 0.2) is 11.5 Å². The zero-order valence-corrected chi connectivity index (χ0v) is 15.0. The summed E-state index contributed by atoms with van der Waals surface area (Å²) in [4.78, 5) is 12.1. The number of carbonyl (C=O) groups is 1. The van der Waals surface area contributed by atoms with E-state index < -0.39 is 17.5 Å². The molecule has 1 atom stereocenters. The molecule has 0 aromatic heterocycles. The Morgan fingerprint density at radius 3 is 2.78 bits per heavy atom. The molecule has 3 rings (SSSR count). The van der Waals surface area contributed by atoms with Crippen LogP contribution in [0.5, 0.6) is 11.5 Å². The number of methoxy groups -OCH3 is 1. The van der Waals surface area contributed by atoms with E-state index in [9.17, 15) is 13.6 Å². The lowest BCUT2D eigenvalue weighted by atomic mass is 10.1. The molecule has 1 amide bonds. The van der Waals surface area contributed by atoms with Crippen LogP contribution in [0.2, 0.25) is 0 Å². The number of ether oxygens (including phenoxy) is 3. The van der Waals surface area contributed by atoms with Crippen LogP contribution in [0.1, 0.15) is 28.8 Å². The van der Waals surface area contributed by atoms with Crippen molar-refractivity contribution >= 4 is 5.91 Å². The molecule has 1 unspecified atom stereocenters. The highest BCUT2D eigenvalue weighted by molar-refractivity contribution is 5.94. The lowest BCUT2D eigenvalue weighted by Crippen LogP contribution is -2.24. The molecule has 27 heavy (non-hydrogen) atoms. The van der Waals surface area contributed by atoms with Crippen molar-refractivity contribution in [1.29, 1.82) is 0 Å². The van der Waals surface area contributed by atoms with Gasteiger partial charge in [0.2, 0.25) is 0 Å². The predicted molar refractivity (Wildman–Crippen MR) is 95.0 cm³/mol. The summed E-state index contributed by atoms with van der Waals surface area (Å²) >= 11 is 0. The number of hydrogen-bond acceptors (Lipinski definition) is 4. The van der Waals surface area contributed by atoms with E-state index in [4.69, 9.17) is 14.2 Å². The van der Waals surface area contributed by atoms with Crippen LogP contribution >= 0.6 is 0 Å². The van der Waals surface area contributed by atoms with Gasteiger partial charge in [0.25, 0.3) is 5.91 Å². The average Bonchev–Trinajstić information content (AvgIpc) is 3.18. The Balaban J connectivity index is 1.60. The molecular weight excluding hydrogens is 356 g/mol. The molecule has 2 aromatic carbocycles. The van der Waals surface area contributed by atoms with Gasteiger partial charge in [-0.05, 0) is 42.7 Å². The molecule has 2 aromatic rings. The fourth-order valence-electron chi connectivity index (χ4n) is 2.85. The van der Waals surface area contributed by atoms with Crippen molar-refractivity contribution in [2.24, 2.45) is 0 Å². The standard InChI is InChI=1S/C20H21F2NO4/c1-25-19-9-13(4-7-18(19)27-12-15-3-2-8-26-15)11-23-20(24)16-6-5-14(21)10-17(16)22/h4-7,9-10,15H,2-3,8,11-12H2,1H3,(H,23,24). The van der Waals surface area contributed by atoms with Crippen molar-refractivity contribution in [3.05, 3.63) is 59.2 Å². The fraction of sp³-hybridized carbons (Fsp3) is 0.350. The van der Waals surface area contributed by atoms with Crippen LogP contribution in [0.25, 0.3) is 0 Å². The minimum absolute atomic E-state index is 0.0966. The molecule has 1 fully saturated rings. The number of amides is 1. The number of benzene rings is 2. The van der Waals surface area contributed by atoms with Gasteiger partial charge in [0.1, 0.15) is 18.2 Å².